The molecule has 0 spiro atoms. The Morgan fingerprint density at radius 2 is 2.05 bits per heavy atom. The van der Waals surface area contributed by atoms with E-state index in [4.69, 9.17) is 10.7 Å². The van der Waals surface area contributed by atoms with Crippen molar-refractivity contribution in [2.24, 2.45) is 0 Å². The van der Waals surface area contributed by atoms with E-state index in [1.807, 2.05) is 10.6 Å². The Morgan fingerprint density at radius 3 is 2.71 bits per heavy atom. The van der Waals surface area contributed by atoms with Gasteiger partial charge in [0.05, 0.1) is 0 Å². The second kappa shape index (κ2) is 6.62. The number of aryl methyl sites for hydroxylation is 1. The lowest BCUT2D eigenvalue weighted by molar-refractivity contribution is 0.596. The maximum atomic E-state index is 13.3. The lowest BCUT2D eigenvalue weighted by atomic mass is 10.2. The first-order chi connectivity index (χ1) is 9.93. The van der Waals surface area contributed by atoms with E-state index in [1.54, 1.807) is 6.07 Å². The molecular weight excluding hydrogens is 313 g/mol. The van der Waals surface area contributed by atoms with Gasteiger partial charge >= 0.3 is 0 Å². The summed E-state index contributed by atoms with van der Waals surface area (Å²) in [6.07, 6.45) is 7.33. The molecule has 0 saturated carbocycles. The van der Waals surface area contributed by atoms with Crippen LogP contribution in [0.15, 0.2) is 41.9 Å². The van der Waals surface area contributed by atoms with Crippen LogP contribution in [-0.2, 0) is 15.6 Å². The van der Waals surface area contributed by atoms with E-state index in [0.717, 1.165) is 25.7 Å². The van der Waals surface area contributed by atoms with Gasteiger partial charge in [0, 0.05) is 34.3 Å². The molecule has 1 aromatic carbocycles. The molecule has 0 radical (unpaired) electrons. The van der Waals surface area contributed by atoms with Crippen LogP contribution < -0.4 is 0 Å². The van der Waals surface area contributed by atoms with E-state index in [2.05, 4.69) is 6.58 Å². The van der Waals surface area contributed by atoms with Gasteiger partial charge in [-0.25, -0.2) is 12.8 Å². The van der Waals surface area contributed by atoms with E-state index in [-0.39, 0.29) is 4.90 Å². The summed E-state index contributed by atoms with van der Waals surface area (Å²) < 4.78 is 38.4. The molecule has 0 aliphatic carbocycles. The van der Waals surface area contributed by atoms with Crippen LogP contribution in [0.2, 0.25) is 0 Å². The highest BCUT2D eigenvalue weighted by atomic mass is 35.7. The van der Waals surface area contributed by atoms with E-state index < -0.39 is 14.9 Å². The van der Waals surface area contributed by atoms with Crippen LogP contribution in [-0.4, -0.2) is 13.0 Å². The van der Waals surface area contributed by atoms with Gasteiger partial charge in [0.2, 0.25) is 0 Å². The van der Waals surface area contributed by atoms with Crippen LogP contribution >= 0.6 is 10.7 Å². The normalized spacial score (nSPS) is 11.9. The molecule has 6 heteroatoms. The smallest absolute Gasteiger partial charge is 0.263 e. The van der Waals surface area contributed by atoms with Gasteiger partial charge in [-0.3, -0.25) is 0 Å². The molecule has 1 heterocycles. The third kappa shape index (κ3) is 3.86. The number of benzene rings is 1. The van der Waals surface area contributed by atoms with Crippen LogP contribution in [0.1, 0.15) is 25.7 Å². The van der Waals surface area contributed by atoms with Crippen molar-refractivity contribution in [3.63, 3.8) is 0 Å². The number of unbranched alkanes of at least 4 members (excludes halogenated alkanes) is 3. The fourth-order valence-electron chi connectivity index (χ4n) is 2.36. The minimum atomic E-state index is -3.89. The Balaban J connectivity index is 2.30. The second-order valence-electron chi connectivity index (χ2n) is 4.92. The fourth-order valence-corrected chi connectivity index (χ4v) is 3.41. The van der Waals surface area contributed by atoms with Gasteiger partial charge in [-0.1, -0.05) is 12.5 Å². The summed E-state index contributed by atoms with van der Waals surface area (Å²) >= 11 is 0. The lowest BCUT2D eigenvalue weighted by Crippen LogP contribution is -1.96. The molecule has 3 nitrogen and oxygen atoms in total. The summed E-state index contributed by atoms with van der Waals surface area (Å²) in [5.41, 5.74) is 0.680. The number of hydrogen-bond acceptors (Lipinski definition) is 2. The quantitative estimate of drug-likeness (QED) is 0.427. The molecule has 0 saturated heterocycles. The molecule has 2 rings (SSSR count). The molecule has 21 heavy (non-hydrogen) atoms. The molecule has 0 aliphatic rings. The average Bonchev–Trinajstić information content (AvgIpc) is 2.76. The standard InChI is InChI=1S/C15H17ClFNO2S/c1-2-3-4-5-6-9-18-11-15(21(16,19)20)13-10-12(17)7-8-14(13)18/h2,7-8,10-11H,1,3-6,9H2. The third-order valence-corrected chi connectivity index (χ3v) is 4.73. The summed E-state index contributed by atoms with van der Waals surface area (Å²) in [5, 5.41) is 0.330. The summed E-state index contributed by atoms with van der Waals surface area (Å²) in [6.45, 7) is 4.35. The number of halogens is 2. The molecule has 0 aliphatic heterocycles. The predicted molar refractivity (Wildman–Crippen MR) is 83.6 cm³/mol. The Bertz CT molecular complexity index is 752. The molecular formula is C15H17ClFNO2S. The van der Waals surface area contributed by atoms with E-state index in [0.29, 0.717) is 17.4 Å². The Labute approximate surface area is 128 Å². The minimum Gasteiger partial charge on any atom is -0.346 e. The number of rotatable bonds is 7. The zero-order chi connectivity index (χ0) is 15.5. The van der Waals surface area contributed by atoms with Crippen molar-refractivity contribution in [1.82, 2.24) is 4.57 Å². The van der Waals surface area contributed by atoms with Crippen molar-refractivity contribution >= 4 is 30.6 Å². The van der Waals surface area contributed by atoms with Crippen LogP contribution in [0, 0.1) is 5.82 Å². The van der Waals surface area contributed by atoms with Crippen LogP contribution in [0.4, 0.5) is 4.39 Å². The number of fused-ring (bicyclic) bond motifs is 1. The molecule has 2 aromatic rings. The fraction of sp³-hybridized carbons (Fsp3) is 0.333. The zero-order valence-electron chi connectivity index (χ0n) is 11.6. The first kappa shape index (κ1) is 16.0. The lowest BCUT2D eigenvalue weighted by Gasteiger charge is -2.04. The van der Waals surface area contributed by atoms with Crippen molar-refractivity contribution in [1.29, 1.82) is 0 Å². The highest BCUT2D eigenvalue weighted by Crippen LogP contribution is 2.29. The van der Waals surface area contributed by atoms with Gasteiger partial charge in [-0.05, 0) is 37.5 Å². The number of nitrogens with zero attached hydrogens (tertiary/aromatic N) is 1. The van der Waals surface area contributed by atoms with Crippen molar-refractivity contribution in [3.8, 4) is 0 Å². The summed E-state index contributed by atoms with van der Waals surface area (Å²) in [6, 6.07) is 4.11. The third-order valence-electron chi connectivity index (χ3n) is 3.38. The first-order valence-electron chi connectivity index (χ1n) is 6.77. The molecule has 0 bridgehead atoms. The molecule has 0 unspecified atom stereocenters. The Morgan fingerprint density at radius 1 is 1.29 bits per heavy atom. The number of hydrogen-bond donors (Lipinski definition) is 0. The van der Waals surface area contributed by atoms with Crippen LogP contribution in [0.25, 0.3) is 10.9 Å². The minimum absolute atomic E-state index is 0.0373. The van der Waals surface area contributed by atoms with Crippen LogP contribution in [0.3, 0.4) is 0 Å². The number of aromatic nitrogens is 1. The summed E-state index contributed by atoms with van der Waals surface area (Å²) in [7, 11) is 1.54. The van der Waals surface area contributed by atoms with Crippen molar-refractivity contribution in [2.45, 2.75) is 37.1 Å². The molecule has 0 atom stereocenters. The zero-order valence-corrected chi connectivity index (χ0v) is 13.1. The monoisotopic (exact) mass is 329 g/mol. The largest absolute Gasteiger partial charge is 0.346 e. The van der Waals surface area contributed by atoms with Gasteiger partial charge < -0.3 is 4.57 Å². The topological polar surface area (TPSA) is 39.1 Å². The van der Waals surface area contributed by atoms with Gasteiger partial charge in [-0.2, -0.15) is 0 Å². The Kier molecular flexibility index (Phi) is 5.06. The number of allylic oxidation sites excluding steroid dienone is 1. The van der Waals surface area contributed by atoms with Gasteiger partial charge in [-0.15, -0.1) is 6.58 Å². The Hall–Kier alpha value is -1.33. The SMILES string of the molecule is C=CCCCCCn1cc(S(=O)(=O)Cl)c2cc(F)ccc21. The second-order valence-corrected chi connectivity index (χ2v) is 7.46. The van der Waals surface area contributed by atoms with Crippen LogP contribution in [0.5, 0.6) is 0 Å². The van der Waals surface area contributed by atoms with Gasteiger partial charge in [0.25, 0.3) is 9.05 Å². The van der Waals surface area contributed by atoms with Crippen molar-refractivity contribution in [2.75, 3.05) is 0 Å². The molecule has 0 N–H and O–H groups in total. The average molecular weight is 330 g/mol. The van der Waals surface area contributed by atoms with E-state index in [1.165, 1.54) is 18.3 Å². The van der Waals surface area contributed by atoms with Crippen molar-refractivity contribution in [3.05, 3.63) is 42.9 Å². The predicted octanol–water partition coefficient (Wildman–Crippen LogP) is 4.45. The maximum Gasteiger partial charge on any atom is 0.263 e. The molecule has 0 amide bonds. The van der Waals surface area contributed by atoms with Gasteiger partial charge in [0.1, 0.15) is 10.7 Å². The first-order valence-corrected chi connectivity index (χ1v) is 9.08. The molecule has 0 fully saturated rings. The van der Waals surface area contributed by atoms with Gasteiger partial charge in [0.15, 0.2) is 0 Å². The van der Waals surface area contributed by atoms with E-state index in [9.17, 15) is 12.8 Å². The summed E-state index contributed by atoms with van der Waals surface area (Å²) in [4.78, 5) is -0.0373. The molecule has 114 valence electrons. The highest BCUT2D eigenvalue weighted by Gasteiger charge is 2.19. The molecule has 1 aromatic heterocycles. The maximum absolute atomic E-state index is 13.3. The van der Waals surface area contributed by atoms with E-state index >= 15 is 0 Å². The summed E-state index contributed by atoms with van der Waals surface area (Å²) in [5.74, 6) is -0.479. The van der Waals surface area contributed by atoms with Crippen molar-refractivity contribution < 1.29 is 12.8 Å². The highest BCUT2D eigenvalue weighted by molar-refractivity contribution is 8.14.